The van der Waals surface area contributed by atoms with Crippen molar-refractivity contribution in [3.63, 3.8) is 0 Å². The molecular weight excluding hydrogens is 517 g/mol. The van der Waals surface area contributed by atoms with E-state index in [1.54, 1.807) is 36.4 Å². The Morgan fingerprint density at radius 1 is 1.08 bits per heavy atom. The maximum atomic E-state index is 13.6. The van der Waals surface area contributed by atoms with Crippen molar-refractivity contribution in [2.75, 3.05) is 5.32 Å². The molecule has 4 aliphatic heterocycles. The summed E-state index contributed by atoms with van der Waals surface area (Å²) in [4.78, 5) is 25.5. The molecule has 4 heterocycles. The number of carbonyl (C=O) groups excluding carboxylic acids is 1. The third-order valence-electron chi connectivity index (χ3n) is 8.30. The lowest BCUT2D eigenvalue weighted by atomic mass is 9.59. The zero-order chi connectivity index (χ0) is 25.9. The van der Waals surface area contributed by atoms with Crippen molar-refractivity contribution in [2.24, 2.45) is 17.8 Å². The molecule has 7 nitrogen and oxygen atoms in total. The van der Waals surface area contributed by atoms with Crippen LogP contribution >= 0.6 is 23.2 Å². The van der Waals surface area contributed by atoms with E-state index in [9.17, 15) is 4.79 Å². The highest BCUT2D eigenvalue weighted by molar-refractivity contribution is 6.36. The molecular formula is C28H29Cl2NO6. The summed E-state index contributed by atoms with van der Waals surface area (Å²) in [6.07, 6.45) is 2.71. The molecule has 3 saturated heterocycles. The Morgan fingerprint density at radius 2 is 1.89 bits per heavy atom. The molecule has 5 aliphatic rings. The van der Waals surface area contributed by atoms with E-state index in [-0.39, 0.29) is 17.6 Å². The lowest BCUT2D eigenvalue weighted by Gasteiger charge is -2.56. The number of esters is 1. The predicted octanol–water partition coefficient (Wildman–Crippen LogP) is 7.16. The molecule has 6 atom stereocenters. The summed E-state index contributed by atoms with van der Waals surface area (Å²) < 4.78 is 18.5. The topological polar surface area (TPSA) is 75.3 Å². The summed E-state index contributed by atoms with van der Waals surface area (Å²) in [6, 6.07) is 12.3. The van der Waals surface area contributed by atoms with E-state index in [0.717, 1.165) is 24.8 Å². The molecule has 196 valence electrons. The average molecular weight is 546 g/mol. The van der Waals surface area contributed by atoms with E-state index in [1.807, 2.05) is 19.9 Å². The Labute approximate surface area is 225 Å². The number of nitrogens with one attached hydrogen (secondary N) is 1. The van der Waals surface area contributed by atoms with Crippen LogP contribution in [0.1, 0.15) is 46.5 Å². The van der Waals surface area contributed by atoms with Crippen LogP contribution in [0.3, 0.4) is 0 Å². The normalized spacial score (nSPS) is 34.3. The lowest BCUT2D eigenvalue weighted by molar-refractivity contribution is -0.556. The molecule has 1 N–H and O–H groups in total. The van der Waals surface area contributed by atoms with Crippen molar-refractivity contribution in [2.45, 2.75) is 64.1 Å². The second-order valence-corrected chi connectivity index (χ2v) is 11.5. The number of para-hydroxylation sites is 2. The molecule has 2 aromatic rings. The zero-order valence-electron chi connectivity index (χ0n) is 20.9. The van der Waals surface area contributed by atoms with Crippen LogP contribution in [0.5, 0.6) is 5.75 Å². The van der Waals surface area contributed by atoms with Crippen molar-refractivity contribution in [3.05, 3.63) is 63.8 Å². The van der Waals surface area contributed by atoms with E-state index < -0.39 is 23.6 Å². The van der Waals surface area contributed by atoms with E-state index in [0.29, 0.717) is 39.5 Å². The van der Waals surface area contributed by atoms with Gasteiger partial charge >= 0.3 is 5.97 Å². The molecule has 37 heavy (non-hydrogen) atoms. The number of hydrogen-bond donors (Lipinski definition) is 1. The highest BCUT2D eigenvalue weighted by atomic mass is 35.5. The third-order valence-corrected chi connectivity index (χ3v) is 8.85. The SMILES string of the molecule is CC1=C(C(=O)Oc2ccccc2Nc2ccc(Cl)cc2Cl)OC2OC3(C)CC[C@H]4[C@H](C)CC[C@@H]1[C@@]24OO3. The van der Waals surface area contributed by atoms with Crippen LogP contribution < -0.4 is 10.1 Å². The van der Waals surface area contributed by atoms with Gasteiger partial charge in [-0.3, -0.25) is 0 Å². The number of ether oxygens (including phenoxy) is 3. The molecule has 2 aromatic carbocycles. The first kappa shape index (κ1) is 25.0. The van der Waals surface area contributed by atoms with Crippen LogP contribution in [0.15, 0.2) is 53.8 Å². The van der Waals surface area contributed by atoms with Gasteiger partial charge in [0.2, 0.25) is 17.8 Å². The van der Waals surface area contributed by atoms with Gasteiger partial charge < -0.3 is 19.5 Å². The van der Waals surface area contributed by atoms with Crippen LogP contribution in [0.25, 0.3) is 0 Å². The summed E-state index contributed by atoms with van der Waals surface area (Å²) in [7, 11) is 0. The monoisotopic (exact) mass is 545 g/mol. The number of rotatable bonds is 4. The smallest absolute Gasteiger partial charge is 0.379 e. The van der Waals surface area contributed by atoms with Crippen molar-refractivity contribution < 1.29 is 28.8 Å². The lowest BCUT2D eigenvalue weighted by Crippen LogP contribution is -2.67. The van der Waals surface area contributed by atoms with E-state index >= 15 is 0 Å². The Bertz CT molecular complexity index is 1280. The summed E-state index contributed by atoms with van der Waals surface area (Å²) in [5.74, 6) is -0.476. The van der Waals surface area contributed by atoms with Crippen LogP contribution in [0.2, 0.25) is 10.0 Å². The number of hydrogen-bond acceptors (Lipinski definition) is 7. The number of anilines is 2. The standard InChI is InChI=1S/C28H29Cl2NO6/c1-15-8-10-19-16(2)24(34-26-28(19)18(15)12-13-27(3,35-26)36-37-28)25(32)33-23-7-5-4-6-22(23)31-21-11-9-17(29)14-20(21)30/h4-7,9,11,14-15,18-19,26,31H,8,10,12-13H2,1-3H3/t15-,18+,19+,26?,27?,28-/m1/s1. The maximum absolute atomic E-state index is 13.6. The molecule has 1 spiro atoms. The number of halogens is 2. The van der Waals surface area contributed by atoms with Crippen LogP contribution in [-0.4, -0.2) is 23.6 Å². The van der Waals surface area contributed by atoms with Gasteiger partial charge in [0.15, 0.2) is 11.4 Å². The van der Waals surface area contributed by atoms with Gasteiger partial charge in [0, 0.05) is 23.3 Å². The molecule has 2 unspecified atom stereocenters. The Hall–Kier alpha value is -2.29. The first-order valence-electron chi connectivity index (χ1n) is 12.7. The van der Waals surface area contributed by atoms with E-state index in [1.165, 1.54) is 0 Å². The molecule has 2 bridgehead atoms. The third kappa shape index (κ3) is 4.12. The summed E-state index contributed by atoms with van der Waals surface area (Å²) >= 11 is 12.4. The van der Waals surface area contributed by atoms with Gasteiger partial charge in [-0.2, -0.15) is 0 Å². The Morgan fingerprint density at radius 3 is 2.70 bits per heavy atom. The van der Waals surface area contributed by atoms with Crippen molar-refractivity contribution in [1.29, 1.82) is 0 Å². The van der Waals surface area contributed by atoms with Gasteiger partial charge in [0.25, 0.3) is 0 Å². The number of benzene rings is 2. The van der Waals surface area contributed by atoms with Crippen molar-refractivity contribution >= 4 is 40.5 Å². The molecule has 1 saturated carbocycles. The predicted molar refractivity (Wildman–Crippen MR) is 138 cm³/mol. The highest BCUT2D eigenvalue weighted by Gasteiger charge is 2.68. The van der Waals surface area contributed by atoms with Crippen molar-refractivity contribution in [1.82, 2.24) is 0 Å². The molecule has 0 radical (unpaired) electrons. The summed E-state index contributed by atoms with van der Waals surface area (Å²) in [5.41, 5.74) is 1.22. The van der Waals surface area contributed by atoms with E-state index in [2.05, 4.69) is 12.2 Å². The Balaban J connectivity index is 1.31. The van der Waals surface area contributed by atoms with Crippen LogP contribution in [0, 0.1) is 17.8 Å². The van der Waals surface area contributed by atoms with Gasteiger partial charge in [0.1, 0.15) is 0 Å². The minimum absolute atomic E-state index is 0.0844. The van der Waals surface area contributed by atoms with Gasteiger partial charge in [-0.05, 0) is 74.9 Å². The summed E-state index contributed by atoms with van der Waals surface area (Å²) in [6.45, 7) is 6.02. The fraction of sp³-hybridized carbons (Fsp3) is 0.464. The second kappa shape index (κ2) is 9.17. The largest absolute Gasteiger partial charge is 0.454 e. The van der Waals surface area contributed by atoms with Gasteiger partial charge in [-0.15, -0.1) is 0 Å². The van der Waals surface area contributed by atoms with E-state index in [4.69, 9.17) is 47.2 Å². The molecule has 7 rings (SSSR count). The maximum Gasteiger partial charge on any atom is 0.379 e. The first-order valence-corrected chi connectivity index (χ1v) is 13.4. The van der Waals surface area contributed by atoms with Gasteiger partial charge in [-0.1, -0.05) is 42.3 Å². The Kier molecular flexibility index (Phi) is 6.20. The second-order valence-electron chi connectivity index (χ2n) is 10.6. The fourth-order valence-electron chi connectivity index (χ4n) is 6.36. The molecule has 0 aromatic heterocycles. The minimum Gasteiger partial charge on any atom is -0.454 e. The number of fused-ring (bicyclic) bond motifs is 2. The van der Waals surface area contributed by atoms with Gasteiger partial charge in [0.05, 0.1) is 16.4 Å². The van der Waals surface area contributed by atoms with Crippen LogP contribution in [-0.2, 0) is 24.0 Å². The molecule has 1 aliphatic carbocycles. The number of carbonyl (C=O) groups is 1. The molecule has 0 amide bonds. The summed E-state index contributed by atoms with van der Waals surface area (Å²) in [5, 5.41) is 4.20. The fourth-order valence-corrected chi connectivity index (χ4v) is 6.82. The quantitative estimate of drug-likeness (QED) is 0.248. The van der Waals surface area contributed by atoms with Gasteiger partial charge in [-0.25, -0.2) is 14.6 Å². The zero-order valence-corrected chi connectivity index (χ0v) is 22.4. The van der Waals surface area contributed by atoms with Crippen LogP contribution in [0.4, 0.5) is 11.4 Å². The minimum atomic E-state index is -0.924. The highest BCUT2D eigenvalue weighted by Crippen LogP contribution is 2.60. The average Bonchev–Trinajstić information content (AvgIpc) is 3.10. The van der Waals surface area contributed by atoms with Crippen molar-refractivity contribution in [3.8, 4) is 5.75 Å². The first-order chi connectivity index (χ1) is 17.7. The molecule has 9 heteroatoms. The molecule has 4 fully saturated rings.